The fraction of sp³-hybridized carbons (Fsp3) is 0.250. The van der Waals surface area contributed by atoms with Crippen molar-refractivity contribution >= 4 is 0 Å². The number of methoxy groups -OCH3 is 1. The normalized spacial score (nSPS) is 9.31. The zero-order valence-corrected chi connectivity index (χ0v) is 7.21. The second-order valence-electron chi connectivity index (χ2n) is 2.45. The van der Waals surface area contributed by atoms with Crippen LogP contribution in [-0.2, 0) is 0 Å². The molecule has 0 fully saturated rings. The Morgan fingerprint density at radius 1 is 1.62 bits per heavy atom. The zero-order valence-electron chi connectivity index (χ0n) is 7.21. The predicted molar refractivity (Wildman–Crippen MR) is 44.7 cm³/mol. The average Bonchev–Trinajstić information content (AvgIpc) is 2.04. The molecule has 0 atom stereocenters. The van der Waals surface area contributed by atoms with Crippen LogP contribution in [0.25, 0.3) is 0 Å². The van der Waals surface area contributed by atoms with Gasteiger partial charge in [0, 0.05) is 5.56 Å². The Labute approximate surface area is 74.2 Å². The molecule has 0 amide bonds. The Morgan fingerprint density at radius 3 is 2.69 bits per heavy atom. The van der Waals surface area contributed by atoms with Gasteiger partial charge in [0.25, 0.3) is 5.56 Å². The van der Waals surface area contributed by atoms with E-state index in [2.05, 4.69) is 4.98 Å². The number of hydrogen-bond acceptors (Lipinski definition) is 4. The molecular weight excluding hydrogens is 172 g/mol. The van der Waals surface area contributed by atoms with E-state index < -0.39 is 11.4 Å². The number of hydrogen-bond donors (Lipinski definition) is 2. The van der Waals surface area contributed by atoms with Crippen LogP contribution in [0.1, 0.15) is 11.1 Å². The van der Waals surface area contributed by atoms with E-state index in [0.717, 1.165) is 0 Å². The van der Waals surface area contributed by atoms with Crippen LogP contribution in [0.4, 0.5) is 0 Å². The third kappa shape index (κ3) is 1.34. The molecule has 0 radical (unpaired) electrons. The minimum atomic E-state index is -0.545. The topological polar surface area (TPSA) is 86.1 Å². The van der Waals surface area contributed by atoms with E-state index in [0.29, 0.717) is 5.56 Å². The van der Waals surface area contributed by atoms with Gasteiger partial charge in [0.1, 0.15) is 11.6 Å². The highest BCUT2D eigenvalue weighted by atomic mass is 16.5. The maximum absolute atomic E-state index is 11.1. The third-order valence-corrected chi connectivity index (χ3v) is 1.71. The molecule has 1 aromatic rings. The highest BCUT2D eigenvalue weighted by Gasteiger charge is 2.13. The number of nitrogens with zero attached hydrogens (tertiary/aromatic N) is 1. The monoisotopic (exact) mass is 180 g/mol. The summed E-state index contributed by atoms with van der Waals surface area (Å²) in [6, 6.07) is 1.77. The Bertz CT molecular complexity index is 428. The summed E-state index contributed by atoms with van der Waals surface area (Å²) in [5.74, 6) is -0.375. The van der Waals surface area contributed by atoms with Crippen LogP contribution in [-0.4, -0.2) is 17.2 Å². The van der Waals surface area contributed by atoms with Gasteiger partial charge < -0.3 is 9.84 Å². The summed E-state index contributed by atoms with van der Waals surface area (Å²) < 4.78 is 4.77. The summed E-state index contributed by atoms with van der Waals surface area (Å²) in [5.41, 5.74) is -0.181. The predicted octanol–water partition coefficient (Wildman–Crippen LogP) is 0.269. The smallest absolute Gasteiger partial charge is 0.293 e. The fourth-order valence-corrected chi connectivity index (χ4v) is 1.07. The summed E-state index contributed by atoms with van der Waals surface area (Å²) in [6.45, 7) is 1.53. The number of nitrogens with one attached hydrogen (secondary N) is 1. The van der Waals surface area contributed by atoms with Crippen molar-refractivity contribution in [2.75, 3.05) is 7.11 Å². The van der Waals surface area contributed by atoms with E-state index in [1.54, 1.807) is 6.07 Å². The van der Waals surface area contributed by atoms with Gasteiger partial charge in [-0.2, -0.15) is 5.26 Å². The molecule has 0 spiro atoms. The Balaban J connectivity index is 3.60. The Kier molecular flexibility index (Phi) is 2.24. The van der Waals surface area contributed by atoms with E-state index in [1.165, 1.54) is 14.0 Å². The van der Waals surface area contributed by atoms with Gasteiger partial charge in [-0.3, -0.25) is 9.78 Å². The third-order valence-electron chi connectivity index (χ3n) is 1.71. The molecule has 0 aliphatic carbocycles. The van der Waals surface area contributed by atoms with Crippen LogP contribution in [0.2, 0.25) is 0 Å². The average molecular weight is 180 g/mol. The molecule has 0 unspecified atom stereocenters. The summed E-state index contributed by atoms with van der Waals surface area (Å²) in [4.78, 5) is 13.2. The van der Waals surface area contributed by atoms with Crippen molar-refractivity contribution in [1.29, 1.82) is 5.26 Å². The second-order valence-corrected chi connectivity index (χ2v) is 2.45. The molecular formula is C8H8N2O3. The Hall–Kier alpha value is -1.96. The van der Waals surface area contributed by atoms with Crippen LogP contribution >= 0.6 is 0 Å². The molecule has 0 saturated heterocycles. The molecule has 0 saturated carbocycles. The molecule has 5 nitrogen and oxygen atoms in total. The van der Waals surface area contributed by atoms with Crippen molar-refractivity contribution in [3.05, 3.63) is 21.5 Å². The lowest BCUT2D eigenvalue weighted by Gasteiger charge is -2.05. The first kappa shape index (κ1) is 9.13. The molecule has 5 heteroatoms. The molecule has 1 rings (SSSR count). The lowest BCUT2D eigenvalue weighted by molar-refractivity contribution is 0.396. The minimum Gasteiger partial charge on any atom is -0.494 e. The van der Waals surface area contributed by atoms with Gasteiger partial charge in [-0.05, 0) is 6.92 Å². The highest BCUT2D eigenvalue weighted by molar-refractivity contribution is 5.49. The van der Waals surface area contributed by atoms with Gasteiger partial charge >= 0.3 is 0 Å². The highest BCUT2D eigenvalue weighted by Crippen LogP contribution is 2.21. The number of aromatic hydroxyl groups is 1. The van der Waals surface area contributed by atoms with Gasteiger partial charge in [0.05, 0.1) is 7.11 Å². The standard InChI is InChI=1S/C8H8N2O3/c1-4-5(3-9)7(11)10-8(12)6(4)13-2/h1-2H3,(H2,10,11,12). The van der Waals surface area contributed by atoms with E-state index in [4.69, 9.17) is 15.1 Å². The first-order valence-electron chi connectivity index (χ1n) is 3.51. The molecule has 1 heterocycles. The summed E-state index contributed by atoms with van der Waals surface area (Å²) in [6.07, 6.45) is 0. The fourth-order valence-electron chi connectivity index (χ4n) is 1.07. The minimum absolute atomic E-state index is 0.0245. The molecule has 0 aliphatic heterocycles. The van der Waals surface area contributed by atoms with Gasteiger partial charge in [0.15, 0.2) is 5.75 Å². The number of nitriles is 1. The van der Waals surface area contributed by atoms with Gasteiger partial charge in [-0.25, -0.2) is 0 Å². The van der Waals surface area contributed by atoms with Crippen molar-refractivity contribution in [1.82, 2.24) is 4.98 Å². The van der Waals surface area contributed by atoms with Crippen LogP contribution in [0.15, 0.2) is 4.79 Å². The van der Waals surface area contributed by atoms with E-state index in [9.17, 15) is 4.79 Å². The van der Waals surface area contributed by atoms with Crippen molar-refractivity contribution in [3.8, 4) is 17.7 Å². The molecule has 0 bridgehead atoms. The molecule has 0 aliphatic rings. The van der Waals surface area contributed by atoms with Crippen LogP contribution in [0.3, 0.4) is 0 Å². The first-order valence-corrected chi connectivity index (χ1v) is 3.51. The number of rotatable bonds is 1. The van der Waals surface area contributed by atoms with Gasteiger partial charge in [-0.1, -0.05) is 0 Å². The van der Waals surface area contributed by atoms with Gasteiger partial charge in [0.2, 0.25) is 5.88 Å². The quantitative estimate of drug-likeness (QED) is 0.649. The molecule has 13 heavy (non-hydrogen) atoms. The van der Waals surface area contributed by atoms with Crippen LogP contribution in [0.5, 0.6) is 11.6 Å². The second kappa shape index (κ2) is 3.19. The van der Waals surface area contributed by atoms with E-state index >= 15 is 0 Å². The zero-order chi connectivity index (χ0) is 10.0. The molecule has 1 aromatic heterocycles. The van der Waals surface area contributed by atoms with Crippen LogP contribution in [0, 0.1) is 18.3 Å². The summed E-state index contributed by atoms with van der Waals surface area (Å²) in [7, 11) is 1.33. The number of H-pyrrole nitrogens is 1. The van der Waals surface area contributed by atoms with Crippen molar-refractivity contribution in [2.24, 2.45) is 0 Å². The molecule has 68 valence electrons. The summed E-state index contributed by atoms with van der Waals surface area (Å²) >= 11 is 0. The SMILES string of the molecule is COc1c(C)c(C#N)c(O)[nH]c1=O. The van der Waals surface area contributed by atoms with Crippen LogP contribution < -0.4 is 10.3 Å². The van der Waals surface area contributed by atoms with Gasteiger partial charge in [-0.15, -0.1) is 0 Å². The summed E-state index contributed by atoms with van der Waals surface area (Å²) in [5, 5.41) is 17.8. The molecule has 2 N–H and O–H groups in total. The van der Waals surface area contributed by atoms with E-state index in [1.807, 2.05) is 0 Å². The number of ether oxygens (including phenoxy) is 1. The number of pyridine rings is 1. The van der Waals surface area contributed by atoms with Crippen molar-refractivity contribution in [2.45, 2.75) is 6.92 Å². The molecule has 0 aromatic carbocycles. The lowest BCUT2D eigenvalue weighted by Crippen LogP contribution is -2.12. The van der Waals surface area contributed by atoms with Crippen molar-refractivity contribution in [3.63, 3.8) is 0 Å². The maximum Gasteiger partial charge on any atom is 0.293 e. The van der Waals surface area contributed by atoms with E-state index in [-0.39, 0.29) is 11.3 Å². The number of aromatic nitrogens is 1. The first-order chi connectivity index (χ1) is 6.11. The lowest BCUT2D eigenvalue weighted by atomic mass is 10.1. The largest absolute Gasteiger partial charge is 0.494 e. The van der Waals surface area contributed by atoms with Crippen molar-refractivity contribution < 1.29 is 9.84 Å². The Morgan fingerprint density at radius 2 is 2.23 bits per heavy atom. The number of aromatic amines is 1. The maximum atomic E-state index is 11.1.